The van der Waals surface area contributed by atoms with E-state index in [0.717, 1.165) is 33.3 Å². The zero-order valence-corrected chi connectivity index (χ0v) is 17.4. The van der Waals surface area contributed by atoms with Gasteiger partial charge in [-0.15, -0.1) is 5.10 Å². The fourth-order valence-corrected chi connectivity index (χ4v) is 3.51. The number of rotatable bonds is 7. The number of hydrogen-bond acceptors (Lipinski definition) is 6. The molecule has 0 unspecified atom stereocenters. The summed E-state index contributed by atoms with van der Waals surface area (Å²) in [4.78, 5) is 19.7. The van der Waals surface area contributed by atoms with Crippen LogP contribution >= 0.6 is 11.8 Å². The van der Waals surface area contributed by atoms with E-state index in [0.29, 0.717) is 11.1 Å². The molecule has 0 saturated heterocycles. The Bertz CT molecular complexity index is 1210. The zero-order valence-electron chi connectivity index (χ0n) is 16.6. The van der Waals surface area contributed by atoms with E-state index >= 15 is 0 Å². The Morgan fingerprint density at radius 1 is 1.23 bits per heavy atom. The number of H-pyrrole nitrogens is 2. The van der Waals surface area contributed by atoms with Crippen molar-refractivity contribution >= 4 is 46.4 Å². The lowest BCUT2D eigenvalue weighted by Crippen LogP contribution is -2.15. The number of aromatic nitrogens is 4. The Balaban J connectivity index is 1.30. The van der Waals surface area contributed by atoms with Crippen LogP contribution in [-0.4, -0.2) is 38.0 Å². The average Bonchev–Trinajstić information content (AvgIpc) is 3.36. The molecule has 2 aromatic heterocycles. The highest BCUT2D eigenvalue weighted by molar-refractivity contribution is 7.99. The molecule has 152 valence electrons. The molecule has 0 spiro atoms. The van der Waals surface area contributed by atoms with E-state index in [1.165, 1.54) is 11.8 Å². The van der Waals surface area contributed by atoms with Crippen molar-refractivity contribution in [1.29, 1.82) is 0 Å². The lowest BCUT2D eigenvalue weighted by Gasteiger charge is -2.08. The second kappa shape index (κ2) is 8.83. The minimum atomic E-state index is -0.106. The van der Waals surface area contributed by atoms with Gasteiger partial charge in [0.25, 0.3) is 0 Å². The van der Waals surface area contributed by atoms with Crippen molar-refractivity contribution < 1.29 is 4.79 Å². The van der Waals surface area contributed by atoms with Crippen LogP contribution in [0.15, 0.2) is 58.9 Å². The Labute approximate surface area is 177 Å². The van der Waals surface area contributed by atoms with Gasteiger partial charge in [-0.1, -0.05) is 42.1 Å². The van der Waals surface area contributed by atoms with Gasteiger partial charge in [0.15, 0.2) is 0 Å². The lowest BCUT2D eigenvalue weighted by atomic mass is 10.1. The summed E-state index contributed by atoms with van der Waals surface area (Å²) < 4.78 is 0. The number of hydrazone groups is 1. The van der Waals surface area contributed by atoms with Gasteiger partial charge in [-0.2, -0.15) is 10.1 Å². The molecule has 4 rings (SSSR count). The molecular weight excluding hydrogens is 398 g/mol. The van der Waals surface area contributed by atoms with E-state index in [9.17, 15) is 4.79 Å². The molecule has 0 fully saturated rings. The Morgan fingerprint density at radius 2 is 2.10 bits per heavy atom. The molecule has 2 aromatic carbocycles. The Kier molecular flexibility index (Phi) is 5.80. The van der Waals surface area contributed by atoms with Crippen LogP contribution in [0.1, 0.15) is 16.7 Å². The van der Waals surface area contributed by atoms with Crippen molar-refractivity contribution in [1.82, 2.24) is 20.2 Å². The predicted octanol–water partition coefficient (Wildman–Crippen LogP) is 4.08. The molecule has 0 saturated carbocycles. The van der Waals surface area contributed by atoms with Crippen LogP contribution in [-0.2, 0) is 4.79 Å². The van der Waals surface area contributed by atoms with Crippen LogP contribution in [0.3, 0.4) is 0 Å². The Morgan fingerprint density at radius 3 is 3.00 bits per heavy atom. The number of fused-ring (bicyclic) bond motifs is 1. The van der Waals surface area contributed by atoms with E-state index in [1.54, 1.807) is 6.21 Å². The maximum absolute atomic E-state index is 12.2. The molecule has 4 N–H and O–H groups in total. The van der Waals surface area contributed by atoms with Gasteiger partial charge in [-0.3, -0.25) is 4.79 Å². The Hall–Kier alpha value is -3.59. The van der Waals surface area contributed by atoms with Crippen LogP contribution < -0.4 is 10.7 Å². The normalized spacial score (nSPS) is 11.3. The number of carbonyl (C=O) groups excluding carboxylic acids is 1. The first-order valence-corrected chi connectivity index (χ1v) is 10.3. The number of anilines is 2. The first-order chi connectivity index (χ1) is 14.6. The monoisotopic (exact) mass is 419 g/mol. The van der Waals surface area contributed by atoms with Gasteiger partial charge in [0.2, 0.25) is 17.0 Å². The molecule has 0 aliphatic carbocycles. The molecule has 0 radical (unpaired) electrons. The van der Waals surface area contributed by atoms with Crippen molar-refractivity contribution in [2.75, 3.05) is 16.5 Å². The average molecular weight is 420 g/mol. The maximum atomic E-state index is 12.2. The third-order valence-electron chi connectivity index (χ3n) is 4.46. The van der Waals surface area contributed by atoms with Gasteiger partial charge in [-0.05, 0) is 37.1 Å². The van der Waals surface area contributed by atoms with E-state index < -0.39 is 0 Å². The largest absolute Gasteiger partial charge is 0.361 e. The van der Waals surface area contributed by atoms with Crippen LogP contribution in [0.25, 0.3) is 10.9 Å². The summed E-state index contributed by atoms with van der Waals surface area (Å²) in [6.45, 7) is 3.96. The lowest BCUT2D eigenvalue weighted by molar-refractivity contribution is -0.113. The van der Waals surface area contributed by atoms with E-state index in [2.05, 4.69) is 36.0 Å². The van der Waals surface area contributed by atoms with E-state index in [-0.39, 0.29) is 11.7 Å². The van der Waals surface area contributed by atoms with Crippen LogP contribution in [0.4, 0.5) is 11.6 Å². The maximum Gasteiger partial charge on any atom is 0.240 e. The van der Waals surface area contributed by atoms with Crippen LogP contribution in [0.2, 0.25) is 0 Å². The van der Waals surface area contributed by atoms with Crippen LogP contribution in [0, 0.1) is 13.8 Å². The van der Waals surface area contributed by atoms with Crippen LogP contribution in [0.5, 0.6) is 0 Å². The molecule has 0 atom stereocenters. The number of aromatic amines is 2. The number of para-hydroxylation sites is 1. The van der Waals surface area contributed by atoms with Gasteiger partial charge >= 0.3 is 0 Å². The number of nitrogens with zero attached hydrogens (tertiary/aromatic N) is 3. The van der Waals surface area contributed by atoms with Crippen molar-refractivity contribution in [3.63, 3.8) is 0 Å². The molecular formula is C21H21N7OS. The zero-order chi connectivity index (χ0) is 20.9. The minimum Gasteiger partial charge on any atom is -0.361 e. The summed E-state index contributed by atoms with van der Waals surface area (Å²) in [5, 5.41) is 15.5. The number of nitrogens with one attached hydrogen (secondary N) is 4. The third kappa shape index (κ3) is 4.69. The standard InChI is InChI=1S/C21H21N7OS/c1-13-7-8-14(2)18(9-13)24-19(29)12-30-21-25-20(27-28-21)26-23-11-15-10-22-17-6-4-3-5-16(15)17/h3-11,22H,12H2,1-2H3,(H,24,29)(H2,25,26,27,28)/b23-11+. The number of thioether (sulfide) groups is 1. The van der Waals surface area contributed by atoms with Gasteiger partial charge in [0.1, 0.15) is 0 Å². The summed E-state index contributed by atoms with van der Waals surface area (Å²) >= 11 is 1.25. The third-order valence-corrected chi connectivity index (χ3v) is 5.31. The highest BCUT2D eigenvalue weighted by Gasteiger charge is 2.09. The number of amides is 1. The van der Waals surface area contributed by atoms with Crippen molar-refractivity contribution in [2.24, 2.45) is 5.10 Å². The second-order valence-electron chi connectivity index (χ2n) is 6.78. The molecule has 8 nitrogen and oxygen atoms in total. The fraction of sp³-hybridized carbons (Fsp3) is 0.143. The molecule has 2 heterocycles. The molecule has 30 heavy (non-hydrogen) atoms. The quantitative estimate of drug-likeness (QED) is 0.205. The highest BCUT2D eigenvalue weighted by Crippen LogP contribution is 2.19. The summed E-state index contributed by atoms with van der Waals surface area (Å²) in [5.41, 5.74) is 7.79. The topological polar surface area (TPSA) is 111 Å². The first kappa shape index (κ1) is 19.7. The van der Waals surface area contributed by atoms with Crippen molar-refractivity contribution in [3.05, 3.63) is 65.4 Å². The molecule has 0 bridgehead atoms. The number of aryl methyl sites for hydroxylation is 2. The molecule has 0 aliphatic heterocycles. The van der Waals surface area contributed by atoms with Crippen molar-refractivity contribution in [2.45, 2.75) is 19.0 Å². The molecule has 1 amide bonds. The van der Waals surface area contributed by atoms with Gasteiger partial charge < -0.3 is 10.3 Å². The molecule has 4 aromatic rings. The summed E-state index contributed by atoms with van der Waals surface area (Å²) in [5.74, 6) is 0.511. The number of carbonyl (C=O) groups is 1. The minimum absolute atomic E-state index is 0.106. The SMILES string of the molecule is Cc1ccc(C)c(NC(=O)CSc2n[nH]c(N/N=C/c3c[nH]c4ccccc34)n2)c1. The van der Waals surface area contributed by atoms with Gasteiger partial charge in [0, 0.05) is 28.4 Å². The summed E-state index contributed by atoms with van der Waals surface area (Å²) in [6, 6.07) is 14.0. The smallest absolute Gasteiger partial charge is 0.240 e. The molecule has 0 aliphatic rings. The fourth-order valence-electron chi connectivity index (χ4n) is 2.91. The summed E-state index contributed by atoms with van der Waals surface area (Å²) in [6.07, 6.45) is 3.61. The van der Waals surface area contributed by atoms with E-state index in [4.69, 9.17) is 0 Å². The molecule has 9 heteroatoms. The predicted molar refractivity (Wildman–Crippen MR) is 121 cm³/mol. The van der Waals surface area contributed by atoms with Gasteiger partial charge in [-0.25, -0.2) is 10.5 Å². The number of hydrogen-bond donors (Lipinski definition) is 4. The van der Waals surface area contributed by atoms with E-state index in [1.807, 2.05) is 62.5 Å². The van der Waals surface area contributed by atoms with Gasteiger partial charge in [0.05, 0.1) is 12.0 Å². The summed E-state index contributed by atoms with van der Waals surface area (Å²) in [7, 11) is 0. The second-order valence-corrected chi connectivity index (χ2v) is 7.72. The highest BCUT2D eigenvalue weighted by atomic mass is 32.2. The first-order valence-electron chi connectivity index (χ1n) is 9.36. The number of benzene rings is 2. The van der Waals surface area contributed by atoms with Crippen molar-refractivity contribution in [3.8, 4) is 0 Å².